The molecule has 1 aromatic carbocycles. The number of nitrogens with one attached hydrogen (secondary N) is 2. The van der Waals surface area contributed by atoms with E-state index in [-0.39, 0.29) is 6.61 Å². The number of hydrogen-bond acceptors (Lipinski definition) is 2. The lowest BCUT2D eigenvalue weighted by Gasteiger charge is -2.11. The van der Waals surface area contributed by atoms with Crippen molar-refractivity contribution in [2.24, 2.45) is 0 Å². The maximum absolute atomic E-state index is 8.63. The van der Waals surface area contributed by atoms with Crippen molar-refractivity contribution in [3.05, 3.63) is 29.3 Å². The third-order valence-electron chi connectivity index (χ3n) is 2.39. The highest BCUT2D eigenvalue weighted by molar-refractivity contribution is 7.80. The molecule has 0 saturated carbocycles. The minimum Gasteiger partial charge on any atom is -0.396 e. The Morgan fingerprint density at radius 3 is 2.69 bits per heavy atom. The summed E-state index contributed by atoms with van der Waals surface area (Å²) in [5.74, 6) is 0. The van der Waals surface area contributed by atoms with Crippen molar-refractivity contribution in [1.29, 1.82) is 0 Å². The minimum atomic E-state index is 0.180. The predicted octanol–water partition coefficient (Wildman–Crippen LogP) is 1.97. The third-order valence-corrected chi connectivity index (χ3v) is 2.63. The highest BCUT2D eigenvalue weighted by Crippen LogP contribution is 2.13. The van der Waals surface area contributed by atoms with E-state index in [2.05, 4.69) is 36.6 Å². The van der Waals surface area contributed by atoms with Gasteiger partial charge in [-0.2, -0.15) is 0 Å². The molecular weight excluding hydrogens is 220 g/mol. The fourth-order valence-corrected chi connectivity index (χ4v) is 1.50. The van der Waals surface area contributed by atoms with Gasteiger partial charge in [-0.25, -0.2) is 0 Å². The van der Waals surface area contributed by atoms with Crippen molar-refractivity contribution in [3.63, 3.8) is 0 Å². The first-order valence-corrected chi connectivity index (χ1v) is 5.77. The molecule has 0 atom stereocenters. The van der Waals surface area contributed by atoms with E-state index in [1.807, 2.05) is 6.07 Å². The quantitative estimate of drug-likeness (QED) is 0.554. The van der Waals surface area contributed by atoms with Gasteiger partial charge in [-0.15, -0.1) is 0 Å². The monoisotopic (exact) mass is 238 g/mol. The molecule has 0 aliphatic carbocycles. The second-order valence-electron chi connectivity index (χ2n) is 3.76. The van der Waals surface area contributed by atoms with Crippen LogP contribution in [-0.2, 0) is 0 Å². The summed E-state index contributed by atoms with van der Waals surface area (Å²) in [6.45, 7) is 5.02. The van der Waals surface area contributed by atoms with Crippen LogP contribution < -0.4 is 10.6 Å². The van der Waals surface area contributed by atoms with Crippen LogP contribution in [0.15, 0.2) is 18.2 Å². The van der Waals surface area contributed by atoms with Crippen LogP contribution in [0.5, 0.6) is 0 Å². The largest absolute Gasteiger partial charge is 0.396 e. The lowest BCUT2D eigenvalue weighted by molar-refractivity contribution is 0.289. The van der Waals surface area contributed by atoms with Gasteiger partial charge >= 0.3 is 0 Å². The van der Waals surface area contributed by atoms with Crippen LogP contribution in [-0.4, -0.2) is 23.4 Å². The molecule has 0 bridgehead atoms. The van der Waals surface area contributed by atoms with E-state index in [1.165, 1.54) is 11.1 Å². The number of aryl methyl sites for hydroxylation is 2. The number of thiocarbonyl (C=S) groups is 1. The van der Waals surface area contributed by atoms with Gasteiger partial charge in [0.2, 0.25) is 0 Å². The minimum absolute atomic E-state index is 0.180. The van der Waals surface area contributed by atoms with Gasteiger partial charge in [0.05, 0.1) is 0 Å². The summed E-state index contributed by atoms with van der Waals surface area (Å²) in [7, 11) is 0. The van der Waals surface area contributed by atoms with Crippen LogP contribution in [0.2, 0.25) is 0 Å². The van der Waals surface area contributed by atoms with Crippen molar-refractivity contribution >= 4 is 23.0 Å². The Hall–Kier alpha value is -1.13. The van der Waals surface area contributed by atoms with Crippen molar-refractivity contribution in [3.8, 4) is 0 Å². The lowest BCUT2D eigenvalue weighted by Crippen LogP contribution is -2.29. The predicted molar refractivity (Wildman–Crippen MR) is 71.8 cm³/mol. The average molecular weight is 238 g/mol. The Morgan fingerprint density at radius 1 is 1.31 bits per heavy atom. The smallest absolute Gasteiger partial charge is 0.170 e. The van der Waals surface area contributed by atoms with Crippen molar-refractivity contribution in [2.75, 3.05) is 18.5 Å². The number of anilines is 1. The van der Waals surface area contributed by atoms with Gasteiger partial charge in [0.15, 0.2) is 5.11 Å². The SMILES string of the molecule is Cc1ccc(NC(=S)NCCCO)cc1C. The molecule has 0 unspecified atom stereocenters. The highest BCUT2D eigenvalue weighted by Gasteiger charge is 1.98. The van der Waals surface area contributed by atoms with Gasteiger partial charge in [-0.05, 0) is 55.7 Å². The molecule has 4 heteroatoms. The van der Waals surface area contributed by atoms with Crippen molar-refractivity contribution in [1.82, 2.24) is 5.32 Å². The molecule has 88 valence electrons. The number of benzene rings is 1. The molecule has 0 saturated heterocycles. The van der Waals surface area contributed by atoms with E-state index in [1.54, 1.807) is 0 Å². The summed E-state index contributed by atoms with van der Waals surface area (Å²) in [5.41, 5.74) is 3.50. The first-order chi connectivity index (χ1) is 7.63. The number of rotatable bonds is 4. The van der Waals surface area contributed by atoms with E-state index in [9.17, 15) is 0 Å². The van der Waals surface area contributed by atoms with Crippen molar-refractivity contribution < 1.29 is 5.11 Å². The highest BCUT2D eigenvalue weighted by atomic mass is 32.1. The topological polar surface area (TPSA) is 44.3 Å². The van der Waals surface area contributed by atoms with Crippen molar-refractivity contribution in [2.45, 2.75) is 20.3 Å². The summed E-state index contributed by atoms with van der Waals surface area (Å²) in [5, 5.41) is 15.4. The normalized spacial score (nSPS) is 9.94. The molecule has 0 fully saturated rings. The molecule has 0 amide bonds. The molecule has 0 aromatic heterocycles. The molecule has 1 aromatic rings. The van der Waals surface area contributed by atoms with Gasteiger partial charge in [-0.3, -0.25) is 0 Å². The van der Waals surface area contributed by atoms with E-state index in [4.69, 9.17) is 17.3 Å². The number of hydrogen-bond donors (Lipinski definition) is 3. The Balaban J connectivity index is 2.46. The zero-order valence-corrected chi connectivity index (χ0v) is 10.5. The third kappa shape index (κ3) is 4.16. The molecule has 3 nitrogen and oxygen atoms in total. The van der Waals surface area contributed by atoms with Crippen LogP contribution in [0, 0.1) is 13.8 Å². The average Bonchev–Trinajstić information content (AvgIpc) is 2.24. The molecule has 0 aliphatic heterocycles. The van der Waals surface area contributed by atoms with Crippen LogP contribution >= 0.6 is 12.2 Å². The Kier molecular flexibility index (Phi) is 5.22. The fourth-order valence-electron chi connectivity index (χ4n) is 1.28. The van der Waals surface area contributed by atoms with Crippen LogP contribution in [0.1, 0.15) is 17.5 Å². The van der Waals surface area contributed by atoms with E-state index in [0.717, 1.165) is 5.69 Å². The van der Waals surface area contributed by atoms with Crippen LogP contribution in [0.25, 0.3) is 0 Å². The molecule has 0 radical (unpaired) electrons. The van der Waals surface area contributed by atoms with Gasteiger partial charge in [0, 0.05) is 18.8 Å². The Bertz CT molecular complexity index is 366. The van der Waals surface area contributed by atoms with E-state index < -0.39 is 0 Å². The second kappa shape index (κ2) is 6.45. The summed E-state index contributed by atoms with van der Waals surface area (Å²) < 4.78 is 0. The summed E-state index contributed by atoms with van der Waals surface area (Å²) >= 11 is 5.12. The van der Waals surface area contributed by atoms with E-state index >= 15 is 0 Å². The van der Waals surface area contributed by atoms with Gasteiger partial charge in [0.1, 0.15) is 0 Å². The van der Waals surface area contributed by atoms with Crippen LogP contribution in [0.4, 0.5) is 5.69 Å². The molecule has 16 heavy (non-hydrogen) atoms. The summed E-state index contributed by atoms with van der Waals surface area (Å²) in [6, 6.07) is 6.13. The van der Waals surface area contributed by atoms with Crippen LogP contribution in [0.3, 0.4) is 0 Å². The zero-order valence-electron chi connectivity index (χ0n) is 9.71. The molecule has 3 N–H and O–H groups in total. The Labute approximate surface area is 102 Å². The van der Waals surface area contributed by atoms with E-state index in [0.29, 0.717) is 18.1 Å². The summed E-state index contributed by atoms with van der Waals surface area (Å²) in [6.07, 6.45) is 0.703. The molecular formula is C12H18N2OS. The van der Waals surface area contributed by atoms with Gasteiger partial charge in [-0.1, -0.05) is 6.07 Å². The lowest BCUT2D eigenvalue weighted by atomic mass is 10.1. The first kappa shape index (κ1) is 12.9. The molecule has 0 heterocycles. The first-order valence-electron chi connectivity index (χ1n) is 5.36. The summed E-state index contributed by atoms with van der Waals surface area (Å²) in [4.78, 5) is 0. The molecule has 1 rings (SSSR count). The number of aliphatic hydroxyl groups excluding tert-OH is 1. The Morgan fingerprint density at radius 2 is 2.06 bits per heavy atom. The zero-order chi connectivity index (χ0) is 12.0. The molecule has 0 spiro atoms. The number of aliphatic hydroxyl groups is 1. The van der Waals surface area contributed by atoms with Gasteiger partial charge in [0.25, 0.3) is 0 Å². The standard InChI is InChI=1S/C12H18N2OS/c1-9-4-5-11(8-10(9)2)14-12(16)13-6-3-7-15/h4-5,8,15H,3,6-7H2,1-2H3,(H2,13,14,16). The maximum Gasteiger partial charge on any atom is 0.170 e. The maximum atomic E-state index is 8.63. The molecule has 0 aliphatic rings. The fraction of sp³-hybridized carbons (Fsp3) is 0.417. The van der Waals surface area contributed by atoms with Gasteiger partial charge < -0.3 is 15.7 Å². The second-order valence-corrected chi connectivity index (χ2v) is 4.17.